The maximum Gasteiger partial charge on any atom is 0.410 e. The van der Waals surface area contributed by atoms with Gasteiger partial charge < -0.3 is 30.1 Å². The fourth-order valence-electron chi connectivity index (χ4n) is 3.30. The van der Waals surface area contributed by atoms with E-state index in [1.807, 2.05) is 0 Å². The van der Waals surface area contributed by atoms with Crippen LogP contribution in [0.2, 0.25) is 0 Å². The number of carboxylic acid groups (broad SMARTS) is 1. The Labute approximate surface area is 196 Å². The average molecular weight is 479 g/mol. The molecule has 1 aromatic heterocycles. The van der Waals surface area contributed by atoms with Crippen molar-refractivity contribution in [2.24, 2.45) is 0 Å². The number of pyridine rings is 1. The number of carbonyl (C=O) groups excluding carboxylic acids is 4. The van der Waals surface area contributed by atoms with Gasteiger partial charge >= 0.3 is 6.09 Å². The van der Waals surface area contributed by atoms with Crippen LogP contribution in [0.15, 0.2) is 18.3 Å². The zero-order valence-electron chi connectivity index (χ0n) is 18.7. The van der Waals surface area contributed by atoms with E-state index in [0.717, 1.165) is 0 Å². The first-order valence-corrected chi connectivity index (χ1v) is 10.9. The summed E-state index contributed by atoms with van der Waals surface area (Å²) in [4.78, 5) is 64.3. The van der Waals surface area contributed by atoms with Crippen molar-refractivity contribution in [3.8, 4) is 5.75 Å². The lowest BCUT2D eigenvalue weighted by molar-refractivity contribution is -0.132. The molecule has 0 radical (unpaired) electrons. The predicted octanol–water partition coefficient (Wildman–Crippen LogP) is -0.528. The number of nitrogens with one attached hydrogen (secondary N) is 2. The summed E-state index contributed by atoms with van der Waals surface area (Å²) in [5.74, 6) is -0.387. The van der Waals surface area contributed by atoms with Crippen molar-refractivity contribution in [2.75, 3.05) is 52.5 Å². The van der Waals surface area contributed by atoms with Gasteiger partial charge in [0.1, 0.15) is 19.8 Å². The van der Waals surface area contributed by atoms with Crippen molar-refractivity contribution in [3.63, 3.8) is 0 Å². The summed E-state index contributed by atoms with van der Waals surface area (Å²) in [6, 6.07) is 3.32. The van der Waals surface area contributed by atoms with E-state index in [2.05, 4.69) is 15.6 Å². The van der Waals surface area contributed by atoms with Crippen molar-refractivity contribution in [3.05, 3.63) is 24.0 Å². The summed E-state index contributed by atoms with van der Waals surface area (Å²) in [6.07, 6.45) is 2.28. The Balaban J connectivity index is 0.00000129. The number of rotatable bonds is 2. The van der Waals surface area contributed by atoms with Crippen molar-refractivity contribution < 1.29 is 38.6 Å². The fraction of sp³-hybridized carbons (Fsp3) is 0.524. The quantitative estimate of drug-likeness (QED) is 0.472. The minimum Gasteiger partial charge on any atom is -0.489 e. The number of aromatic nitrogens is 1. The van der Waals surface area contributed by atoms with Crippen LogP contribution in [0, 0.1) is 0 Å². The standard InChI is InChI=1S/C20H27N5O6.CH2O2/c26-16-5-2-9-24(17(27)14-25-11-13-31-20(25)29)10-3-7-23-19(28)18-15(4-1-6-22-18)30-12-8-21-16;2-1-3/h1,4,6H,2-3,5,7-14H2,(H,21,26)(H,23,28);1H,(H,2,3). The highest BCUT2D eigenvalue weighted by atomic mass is 16.6. The molecule has 4 amide bonds. The van der Waals surface area contributed by atoms with Crippen LogP contribution in [0.5, 0.6) is 5.75 Å². The van der Waals surface area contributed by atoms with Gasteiger partial charge in [0, 0.05) is 32.3 Å². The third-order valence-electron chi connectivity index (χ3n) is 4.91. The second-order valence-corrected chi connectivity index (χ2v) is 7.28. The Morgan fingerprint density at radius 1 is 1.09 bits per heavy atom. The first kappa shape index (κ1) is 26.4. The summed E-state index contributed by atoms with van der Waals surface area (Å²) in [6.45, 7) is 1.93. The molecule has 2 aliphatic heterocycles. The Morgan fingerprint density at radius 3 is 2.59 bits per heavy atom. The van der Waals surface area contributed by atoms with Crippen LogP contribution in [-0.4, -0.2) is 103 Å². The molecule has 1 saturated heterocycles. The molecule has 3 heterocycles. The summed E-state index contributed by atoms with van der Waals surface area (Å²) in [5, 5.41) is 12.4. The van der Waals surface area contributed by atoms with Gasteiger partial charge in [-0.1, -0.05) is 0 Å². The molecule has 0 spiro atoms. The van der Waals surface area contributed by atoms with Gasteiger partial charge in [-0.05, 0) is 25.0 Å². The van der Waals surface area contributed by atoms with Crippen LogP contribution in [-0.2, 0) is 19.1 Å². The normalized spacial score (nSPS) is 17.7. The molecule has 0 aromatic carbocycles. The molecule has 0 aliphatic carbocycles. The van der Waals surface area contributed by atoms with Gasteiger partial charge in [-0.2, -0.15) is 0 Å². The lowest BCUT2D eigenvalue weighted by atomic mass is 10.2. The number of carbonyl (C=O) groups is 5. The number of hydrogen-bond acceptors (Lipinski definition) is 8. The summed E-state index contributed by atoms with van der Waals surface area (Å²) in [7, 11) is 0. The predicted molar refractivity (Wildman–Crippen MR) is 117 cm³/mol. The molecule has 0 saturated carbocycles. The van der Waals surface area contributed by atoms with Crippen LogP contribution in [0.1, 0.15) is 29.8 Å². The zero-order chi connectivity index (χ0) is 24.8. The topological polar surface area (TPSA) is 167 Å². The van der Waals surface area contributed by atoms with Crippen molar-refractivity contribution in [2.45, 2.75) is 19.3 Å². The third kappa shape index (κ3) is 8.56. The van der Waals surface area contributed by atoms with E-state index in [1.54, 1.807) is 17.0 Å². The monoisotopic (exact) mass is 479 g/mol. The molecule has 0 unspecified atom stereocenters. The molecule has 2 aliphatic rings. The summed E-state index contributed by atoms with van der Waals surface area (Å²) in [5.41, 5.74) is 0.168. The molecule has 3 rings (SSSR count). The largest absolute Gasteiger partial charge is 0.489 e. The Kier molecular flexibility index (Phi) is 11.1. The summed E-state index contributed by atoms with van der Waals surface area (Å²) < 4.78 is 10.5. The molecule has 13 nitrogen and oxygen atoms in total. The van der Waals surface area contributed by atoms with Crippen LogP contribution in [0.4, 0.5) is 4.79 Å². The molecule has 0 atom stereocenters. The van der Waals surface area contributed by atoms with Gasteiger partial charge in [0.2, 0.25) is 11.8 Å². The van der Waals surface area contributed by atoms with E-state index in [4.69, 9.17) is 19.4 Å². The van der Waals surface area contributed by atoms with E-state index >= 15 is 0 Å². The first-order valence-electron chi connectivity index (χ1n) is 10.9. The van der Waals surface area contributed by atoms with Crippen LogP contribution in [0.25, 0.3) is 0 Å². The third-order valence-corrected chi connectivity index (χ3v) is 4.91. The van der Waals surface area contributed by atoms with E-state index in [-0.39, 0.29) is 62.6 Å². The van der Waals surface area contributed by atoms with Gasteiger partial charge in [0.05, 0.1) is 13.1 Å². The molecule has 34 heavy (non-hydrogen) atoms. The first-order chi connectivity index (χ1) is 16.5. The molecular weight excluding hydrogens is 450 g/mol. The van der Waals surface area contributed by atoms with Gasteiger partial charge in [-0.25, -0.2) is 9.78 Å². The smallest absolute Gasteiger partial charge is 0.410 e. The van der Waals surface area contributed by atoms with Crippen LogP contribution < -0.4 is 15.4 Å². The number of cyclic esters (lactones) is 1. The molecule has 186 valence electrons. The number of amides is 4. The molecule has 3 N–H and O–H groups in total. The van der Waals surface area contributed by atoms with Crippen LogP contribution in [0.3, 0.4) is 0 Å². The lowest BCUT2D eigenvalue weighted by Gasteiger charge is -2.25. The fourth-order valence-corrected chi connectivity index (χ4v) is 3.30. The highest BCUT2D eigenvalue weighted by molar-refractivity contribution is 5.94. The number of fused-ring (bicyclic) bond motifs is 1. The minimum atomic E-state index is -0.497. The Bertz CT molecular complexity index is 865. The minimum absolute atomic E-state index is 0.0635. The van der Waals surface area contributed by atoms with E-state index in [1.165, 1.54) is 11.1 Å². The van der Waals surface area contributed by atoms with E-state index in [0.29, 0.717) is 44.8 Å². The average Bonchev–Trinajstić information content (AvgIpc) is 3.22. The highest BCUT2D eigenvalue weighted by Crippen LogP contribution is 2.15. The SMILES string of the molecule is O=C1CCCN(C(=O)CN2CCOC2=O)CCCNC(=O)c2ncccc2OCCN1.O=CO. The maximum atomic E-state index is 12.7. The second-order valence-electron chi connectivity index (χ2n) is 7.28. The van der Waals surface area contributed by atoms with E-state index in [9.17, 15) is 19.2 Å². The molecular formula is C21H29N5O8. The zero-order valence-corrected chi connectivity index (χ0v) is 18.7. The molecule has 1 aromatic rings. The molecule has 0 bridgehead atoms. The molecule has 1 fully saturated rings. The summed E-state index contributed by atoms with van der Waals surface area (Å²) >= 11 is 0. The van der Waals surface area contributed by atoms with Crippen LogP contribution >= 0.6 is 0 Å². The van der Waals surface area contributed by atoms with E-state index < -0.39 is 6.09 Å². The number of ether oxygens (including phenoxy) is 2. The number of nitrogens with zero attached hydrogens (tertiary/aromatic N) is 3. The number of hydrogen-bond donors (Lipinski definition) is 3. The van der Waals surface area contributed by atoms with Crippen molar-refractivity contribution >= 4 is 30.3 Å². The van der Waals surface area contributed by atoms with Gasteiger partial charge in [0.25, 0.3) is 12.4 Å². The Hall–Kier alpha value is -3.90. The Morgan fingerprint density at radius 2 is 1.85 bits per heavy atom. The molecule has 13 heteroatoms. The van der Waals surface area contributed by atoms with Gasteiger partial charge in [0.15, 0.2) is 11.4 Å². The second kappa shape index (κ2) is 14.3. The van der Waals surface area contributed by atoms with Crippen molar-refractivity contribution in [1.29, 1.82) is 0 Å². The van der Waals surface area contributed by atoms with Crippen molar-refractivity contribution in [1.82, 2.24) is 25.4 Å². The lowest BCUT2D eigenvalue weighted by Crippen LogP contribution is -2.42. The van der Waals surface area contributed by atoms with Gasteiger partial charge in [-0.15, -0.1) is 0 Å². The highest BCUT2D eigenvalue weighted by Gasteiger charge is 2.26. The maximum absolute atomic E-state index is 12.7. The van der Waals surface area contributed by atoms with Gasteiger partial charge in [-0.3, -0.25) is 24.1 Å².